The molecular weight excluding hydrogens is 377 g/mol. The number of aromatic amines is 1. The molecule has 27 heavy (non-hydrogen) atoms. The molecule has 0 saturated heterocycles. The van der Waals surface area contributed by atoms with Gasteiger partial charge in [0.15, 0.2) is 0 Å². The van der Waals surface area contributed by atoms with Gasteiger partial charge in [-0.2, -0.15) is 13.2 Å². The number of alkyl halides is 3. The Kier molecular flexibility index (Phi) is 4.15. The average Bonchev–Trinajstić information content (AvgIpc) is 3.28. The zero-order chi connectivity index (χ0) is 19.0. The van der Waals surface area contributed by atoms with Crippen LogP contribution in [0.1, 0.15) is 16.1 Å². The highest BCUT2D eigenvalue weighted by Crippen LogP contribution is 2.33. The van der Waals surface area contributed by atoms with Gasteiger partial charge in [-0.15, -0.1) is 11.3 Å². The first-order chi connectivity index (χ1) is 12.9. The minimum absolute atomic E-state index is 0.105. The molecule has 0 saturated carbocycles. The number of halogens is 3. The minimum Gasteiger partial charge on any atom is -0.324 e. The second-order valence-electron chi connectivity index (χ2n) is 5.67. The molecule has 2 N–H and O–H groups in total. The standard InChI is InChI=1S/C18H11F3N4OS/c19-18(20,21)11-5-3-4-10(8-11)16-22-14(9-27-16)15(26)25-17-23-12-6-1-2-7-13(12)24-17/h1-9H,(H2,23,24,25,26). The molecule has 0 aliphatic heterocycles. The van der Waals surface area contributed by atoms with Crippen LogP contribution in [0.3, 0.4) is 0 Å². The van der Waals surface area contributed by atoms with Crippen molar-refractivity contribution in [3.8, 4) is 10.6 Å². The lowest BCUT2D eigenvalue weighted by molar-refractivity contribution is -0.137. The van der Waals surface area contributed by atoms with Gasteiger partial charge in [-0.25, -0.2) is 9.97 Å². The van der Waals surface area contributed by atoms with E-state index in [1.807, 2.05) is 18.2 Å². The molecule has 5 nitrogen and oxygen atoms in total. The third-order valence-electron chi connectivity index (χ3n) is 3.79. The van der Waals surface area contributed by atoms with Crippen LogP contribution in [0.4, 0.5) is 19.1 Å². The van der Waals surface area contributed by atoms with Gasteiger partial charge < -0.3 is 4.98 Å². The zero-order valence-electron chi connectivity index (χ0n) is 13.5. The fourth-order valence-corrected chi connectivity index (χ4v) is 3.32. The smallest absolute Gasteiger partial charge is 0.324 e. The number of amides is 1. The van der Waals surface area contributed by atoms with Gasteiger partial charge in [0.1, 0.15) is 10.7 Å². The van der Waals surface area contributed by atoms with Crippen LogP contribution in [-0.2, 0) is 6.18 Å². The van der Waals surface area contributed by atoms with Gasteiger partial charge >= 0.3 is 6.18 Å². The number of fused-ring (bicyclic) bond motifs is 1. The van der Waals surface area contributed by atoms with Crippen LogP contribution in [-0.4, -0.2) is 20.9 Å². The van der Waals surface area contributed by atoms with Crippen LogP contribution in [0, 0.1) is 0 Å². The highest BCUT2D eigenvalue weighted by Gasteiger charge is 2.30. The van der Waals surface area contributed by atoms with Crippen LogP contribution in [0.25, 0.3) is 21.6 Å². The molecule has 2 aromatic heterocycles. The van der Waals surface area contributed by atoms with E-state index >= 15 is 0 Å². The maximum Gasteiger partial charge on any atom is 0.416 e. The molecule has 0 bridgehead atoms. The van der Waals surface area contributed by atoms with E-state index in [1.54, 1.807) is 6.07 Å². The van der Waals surface area contributed by atoms with E-state index < -0.39 is 17.6 Å². The molecule has 4 aromatic rings. The number of rotatable bonds is 3. The fourth-order valence-electron chi connectivity index (χ4n) is 2.52. The van der Waals surface area contributed by atoms with Gasteiger partial charge in [-0.05, 0) is 24.3 Å². The summed E-state index contributed by atoms with van der Waals surface area (Å²) in [5.41, 5.74) is 1.13. The van der Waals surface area contributed by atoms with Crippen LogP contribution < -0.4 is 5.32 Å². The van der Waals surface area contributed by atoms with Gasteiger partial charge in [0.2, 0.25) is 5.95 Å². The molecule has 1 amide bonds. The molecular formula is C18H11F3N4OS. The molecule has 9 heteroatoms. The summed E-state index contributed by atoms with van der Waals surface area (Å²) in [5.74, 6) is -0.224. The Hall–Kier alpha value is -3.20. The quantitative estimate of drug-likeness (QED) is 0.521. The topological polar surface area (TPSA) is 70.7 Å². The first-order valence-corrected chi connectivity index (χ1v) is 8.67. The van der Waals surface area contributed by atoms with Crippen LogP contribution in [0.5, 0.6) is 0 Å². The van der Waals surface area contributed by atoms with Crippen molar-refractivity contribution in [3.63, 3.8) is 0 Å². The maximum absolute atomic E-state index is 12.9. The van der Waals surface area contributed by atoms with Gasteiger partial charge in [-0.3, -0.25) is 10.1 Å². The number of H-pyrrole nitrogens is 1. The average molecular weight is 388 g/mol. The van der Waals surface area contributed by atoms with E-state index in [0.717, 1.165) is 29.0 Å². The number of hydrogen-bond donors (Lipinski definition) is 2. The van der Waals surface area contributed by atoms with E-state index in [1.165, 1.54) is 17.5 Å². The van der Waals surface area contributed by atoms with Crippen LogP contribution in [0.2, 0.25) is 0 Å². The summed E-state index contributed by atoms with van der Waals surface area (Å²) < 4.78 is 38.6. The van der Waals surface area contributed by atoms with Gasteiger partial charge in [-0.1, -0.05) is 24.3 Å². The van der Waals surface area contributed by atoms with Crippen molar-refractivity contribution in [2.24, 2.45) is 0 Å². The Bertz CT molecular complexity index is 1100. The Balaban J connectivity index is 1.56. The molecule has 0 aliphatic rings. The van der Waals surface area contributed by atoms with Crippen molar-refractivity contribution in [2.75, 3.05) is 5.32 Å². The van der Waals surface area contributed by atoms with Crippen LogP contribution in [0.15, 0.2) is 53.9 Å². The number of carbonyl (C=O) groups excluding carboxylic acids is 1. The summed E-state index contributed by atoms with van der Waals surface area (Å²) in [5, 5.41) is 4.43. The van der Waals surface area contributed by atoms with Crippen LogP contribution >= 0.6 is 11.3 Å². The number of nitrogens with zero attached hydrogens (tertiary/aromatic N) is 2. The minimum atomic E-state index is -4.44. The molecule has 4 rings (SSSR count). The molecule has 136 valence electrons. The summed E-state index contributed by atoms with van der Waals surface area (Å²) in [6.45, 7) is 0. The molecule has 0 atom stereocenters. The maximum atomic E-state index is 12.9. The summed E-state index contributed by atoms with van der Waals surface area (Å²) in [4.78, 5) is 23.7. The molecule has 0 fully saturated rings. The number of hydrogen-bond acceptors (Lipinski definition) is 4. The molecule has 0 radical (unpaired) electrons. The summed E-state index contributed by atoms with van der Waals surface area (Å²) >= 11 is 1.10. The lowest BCUT2D eigenvalue weighted by atomic mass is 10.1. The predicted molar refractivity (Wildman–Crippen MR) is 96.6 cm³/mol. The summed E-state index contributed by atoms with van der Waals surface area (Å²) in [7, 11) is 0. The highest BCUT2D eigenvalue weighted by molar-refractivity contribution is 7.13. The number of anilines is 1. The fraction of sp³-hybridized carbons (Fsp3) is 0.0556. The molecule has 0 aliphatic carbocycles. The monoisotopic (exact) mass is 388 g/mol. The van der Waals surface area contributed by atoms with E-state index in [0.29, 0.717) is 16.1 Å². The summed E-state index contributed by atoms with van der Waals surface area (Å²) in [6.07, 6.45) is -4.44. The Morgan fingerprint density at radius 3 is 2.67 bits per heavy atom. The van der Waals surface area contributed by atoms with Gasteiger partial charge in [0.05, 0.1) is 16.6 Å². The number of thiazole rings is 1. The Labute approximate surface area is 154 Å². The number of benzene rings is 2. The second kappa shape index (κ2) is 6.51. The molecule has 2 heterocycles. The lowest BCUT2D eigenvalue weighted by Gasteiger charge is -2.07. The van der Waals surface area contributed by atoms with Gasteiger partial charge in [0.25, 0.3) is 5.91 Å². The number of nitrogens with one attached hydrogen (secondary N) is 2. The Morgan fingerprint density at radius 1 is 1.07 bits per heavy atom. The second-order valence-corrected chi connectivity index (χ2v) is 6.53. The normalized spacial score (nSPS) is 11.7. The first kappa shape index (κ1) is 17.2. The molecule has 0 spiro atoms. The summed E-state index contributed by atoms with van der Waals surface area (Å²) in [6, 6.07) is 12.1. The number of para-hydroxylation sites is 2. The highest BCUT2D eigenvalue weighted by atomic mass is 32.1. The first-order valence-electron chi connectivity index (χ1n) is 7.79. The number of carbonyl (C=O) groups is 1. The number of imidazole rings is 1. The third-order valence-corrected chi connectivity index (χ3v) is 4.69. The van der Waals surface area contributed by atoms with Crippen molar-refractivity contribution < 1.29 is 18.0 Å². The van der Waals surface area contributed by atoms with E-state index in [2.05, 4.69) is 20.3 Å². The van der Waals surface area contributed by atoms with Crippen molar-refractivity contribution in [3.05, 3.63) is 65.2 Å². The third kappa shape index (κ3) is 3.54. The zero-order valence-corrected chi connectivity index (χ0v) is 14.4. The van der Waals surface area contributed by atoms with E-state index in [-0.39, 0.29) is 11.6 Å². The lowest BCUT2D eigenvalue weighted by Crippen LogP contribution is -2.13. The largest absolute Gasteiger partial charge is 0.416 e. The van der Waals surface area contributed by atoms with E-state index in [9.17, 15) is 18.0 Å². The molecule has 2 aromatic carbocycles. The van der Waals surface area contributed by atoms with Crippen molar-refractivity contribution in [2.45, 2.75) is 6.18 Å². The molecule has 0 unspecified atom stereocenters. The Morgan fingerprint density at radius 2 is 1.89 bits per heavy atom. The van der Waals surface area contributed by atoms with Crippen molar-refractivity contribution in [1.29, 1.82) is 0 Å². The SMILES string of the molecule is O=C(Nc1nc2ccccc2[nH]1)c1csc(-c2cccc(C(F)(F)F)c2)n1. The van der Waals surface area contributed by atoms with E-state index in [4.69, 9.17) is 0 Å². The van der Waals surface area contributed by atoms with Crippen molar-refractivity contribution in [1.82, 2.24) is 15.0 Å². The van der Waals surface area contributed by atoms with Gasteiger partial charge in [0, 0.05) is 10.9 Å². The van der Waals surface area contributed by atoms with Crippen molar-refractivity contribution >= 4 is 34.2 Å². The predicted octanol–water partition coefficient (Wildman–Crippen LogP) is 4.96. The number of aromatic nitrogens is 3.